The Balaban J connectivity index is 1.30. The van der Waals surface area contributed by atoms with E-state index in [2.05, 4.69) is 229 Å². The number of nitrogens with zero attached hydrogens (tertiary/aromatic N) is 1. The summed E-state index contributed by atoms with van der Waals surface area (Å²) >= 11 is 0. The third-order valence-corrected chi connectivity index (χ3v) is 16.0. The van der Waals surface area contributed by atoms with Gasteiger partial charge in [0.1, 0.15) is 0 Å². The van der Waals surface area contributed by atoms with Crippen molar-refractivity contribution in [2.75, 3.05) is 4.90 Å². The highest BCUT2D eigenvalue weighted by atomic mass is 28.3. The SMILES string of the molecule is c1ccc(-c2ccc(N(c3ccc(-c4ccccc4)cc3)c3c4c(cc5ccccc35)[Si](c3ccccc3)(c3ccccc3)c3ccccc3-4)cc2)cc1. The van der Waals surface area contributed by atoms with Gasteiger partial charge < -0.3 is 4.90 Å². The Morgan fingerprint density at radius 1 is 0.333 bits per heavy atom. The lowest BCUT2D eigenvalue weighted by molar-refractivity contribution is 1.30. The molecule has 0 N–H and O–H groups in total. The zero-order valence-electron chi connectivity index (χ0n) is 29.8. The second kappa shape index (κ2) is 13.3. The number of fused-ring (bicyclic) bond motifs is 4. The molecule has 9 aromatic carbocycles. The molecule has 0 radical (unpaired) electrons. The van der Waals surface area contributed by atoms with Gasteiger partial charge in [0.15, 0.2) is 8.07 Å². The highest BCUT2D eigenvalue weighted by Gasteiger charge is 2.50. The van der Waals surface area contributed by atoms with Gasteiger partial charge in [-0.1, -0.05) is 200 Å². The molecule has 1 aliphatic heterocycles. The summed E-state index contributed by atoms with van der Waals surface area (Å²) in [5, 5.41) is 8.14. The third kappa shape index (κ3) is 5.15. The average Bonchev–Trinajstić information content (AvgIpc) is 3.56. The van der Waals surface area contributed by atoms with E-state index in [-0.39, 0.29) is 0 Å². The van der Waals surface area contributed by atoms with Crippen LogP contribution < -0.4 is 25.6 Å². The Morgan fingerprint density at radius 2 is 0.759 bits per heavy atom. The summed E-state index contributed by atoms with van der Waals surface area (Å²) in [6.07, 6.45) is 0. The van der Waals surface area contributed by atoms with E-state index in [1.54, 1.807) is 0 Å². The Hall–Kier alpha value is -6.74. The first kappa shape index (κ1) is 31.9. The van der Waals surface area contributed by atoms with Crippen molar-refractivity contribution >= 4 is 56.7 Å². The predicted octanol–water partition coefficient (Wildman–Crippen LogP) is 11.0. The molecule has 0 aromatic heterocycles. The van der Waals surface area contributed by atoms with Crippen LogP contribution in [0.4, 0.5) is 17.1 Å². The monoisotopic (exact) mass is 703 g/mol. The Morgan fingerprint density at radius 3 is 1.30 bits per heavy atom. The lowest BCUT2D eigenvalue weighted by atomic mass is 9.96. The molecule has 0 amide bonds. The minimum absolute atomic E-state index is 1.12. The van der Waals surface area contributed by atoms with Crippen molar-refractivity contribution < 1.29 is 0 Å². The highest BCUT2D eigenvalue weighted by Crippen LogP contribution is 2.47. The van der Waals surface area contributed by atoms with Gasteiger partial charge in [-0.05, 0) is 78.2 Å². The maximum absolute atomic E-state index is 2.75. The van der Waals surface area contributed by atoms with Crippen LogP contribution in [0.3, 0.4) is 0 Å². The maximum Gasteiger partial charge on any atom is 0.180 e. The number of anilines is 3. The lowest BCUT2D eigenvalue weighted by Crippen LogP contribution is -2.72. The summed E-state index contributed by atoms with van der Waals surface area (Å²) in [5.41, 5.74) is 10.9. The van der Waals surface area contributed by atoms with Gasteiger partial charge in [-0.2, -0.15) is 0 Å². The van der Waals surface area contributed by atoms with Crippen molar-refractivity contribution in [3.05, 3.63) is 224 Å². The van der Waals surface area contributed by atoms with Gasteiger partial charge in [0.25, 0.3) is 0 Å². The first-order valence-electron chi connectivity index (χ1n) is 18.7. The summed E-state index contributed by atoms with van der Waals surface area (Å²) in [5.74, 6) is 0. The highest BCUT2D eigenvalue weighted by molar-refractivity contribution is 7.22. The zero-order chi connectivity index (χ0) is 35.9. The van der Waals surface area contributed by atoms with Crippen LogP contribution in [-0.2, 0) is 0 Å². The van der Waals surface area contributed by atoms with Crippen LogP contribution in [0.25, 0.3) is 44.2 Å². The van der Waals surface area contributed by atoms with Crippen molar-refractivity contribution in [1.29, 1.82) is 0 Å². The molecule has 0 unspecified atom stereocenters. The van der Waals surface area contributed by atoms with Gasteiger partial charge in [0.05, 0.1) is 5.69 Å². The van der Waals surface area contributed by atoms with Gasteiger partial charge in [0, 0.05) is 22.3 Å². The van der Waals surface area contributed by atoms with Gasteiger partial charge in [-0.25, -0.2) is 0 Å². The molecule has 10 rings (SSSR count). The summed E-state index contributed by atoms with van der Waals surface area (Å²) in [6.45, 7) is 0. The van der Waals surface area contributed by atoms with Crippen molar-refractivity contribution in [3.63, 3.8) is 0 Å². The van der Waals surface area contributed by atoms with Gasteiger partial charge >= 0.3 is 0 Å². The van der Waals surface area contributed by atoms with Crippen LogP contribution >= 0.6 is 0 Å². The lowest BCUT2D eigenvalue weighted by Gasteiger charge is -2.33. The van der Waals surface area contributed by atoms with E-state index in [0.29, 0.717) is 0 Å². The average molecular weight is 704 g/mol. The summed E-state index contributed by atoms with van der Waals surface area (Å²) in [7, 11) is -2.75. The van der Waals surface area contributed by atoms with E-state index in [4.69, 9.17) is 0 Å². The molecule has 54 heavy (non-hydrogen) atoms. The number of hydrogen-bond donors (Lipinski definition) is 0. The Bertz CT molecular complexity index is 2600. The molecule has 0 aliphatic carbocycles. The smallest absolute Gasteiger partial charge is 0.180 e. The van der Waals surface area contributed by atoms with E-state index >= 15 is 0 Å². The largest absolute Gasteiger partial charge is 0.309 e. The first-order chi connectivity index (χ1) is 26.8. The molecule has 0 atom stereocenters. The van der Waals surface area contributed by atoms with Crippen LogP contribution in [0.15, 0.2) is 224 Å². The van der Waals surface area contributed by atoms with Crippen molar-refractivity contribution in [1.82, 2.24) is 0 Å². The number of rotatable bonds is 7. The molecule has 0 saturated carbocycles. The molecule has 1 nitrogen and oxygen atoms in total. The van der Waals surface area contributed by atoms with Crippen LogP contribution in [0.1, 0.15) is 0 Å². The molecular formula is C52H37NSi. The summed E-state index contributed by atoms with van der Waals surface area (Å²) < 4.78 is 0. The molecule has 1 aliphatic rings. The third-order valence-electron chi connectivity index (χ3n) is 11.1. The zero-order valence-corrected chi connectivity index (χ0v) is 30.8. The molecule has 1 heterocycles. The molecule has 2 heteroatoms. The van der Waals surface area contributed by atoms with E-state index < -0.39 is 8.07 Å². The fourth-order valence-corrected chi connectivity index (χ4v) is 14.0. The number of benzene rings is 9. The van der Waals surface area contributed by atoms with E-state index in [0.717, 1.165) is 11.4 Å². The van der Waals surface area contributed by atoms with Crippen LogP contribution in [0.5, 0.6) is 0 Å². The second-order valence-electron chi connectivity index (χ2n) is 14.1. The first-order valence-corrected chi connectivity index (χ1v) is 20.7. The fourth-order valence-electron chi connectivity index (χ4n) is 8.74. The van der Waals surface area contributed by atoms with Gasteiger partial charge in [-0.15, -0.1) is 0 Å². The topological polar surface area (TPSA) is 3.24 Å². The van der Waals surface area contributed by atoms with E-state index in [9.17, 15) is 0 Å². The second-order valence-corrected chi connectivity index (χ2v) is 17.8. The van der Waals surface area contributed by atoms with Crippen LogP contribution in [0, 0.1) is 0 Å². The van der Waals surface area contributed by atoms with Crippen molar-refractivity contribution in [3.8, 4) is 33.4 Å². The Kier molecular flexibility index (Phi) is 7.90. The predicted molar refractivity (Wildman–Crippen MR) is 232 cm³/mol. The standard InChI is InChI=1S/C52H37NSi/c1-5-17-38(18-6-1)40-29-33-43(34-30-40)53(44-35-31-41(32-36-44)39-19-7-2-8-20-39)52-47-26-14-13-21-42(47)37-50-51(52)48-27-15-16-28-49(48)54(50,45-22-9-3-10-23-45)46-24-11-4-12-25-46/h1-37H. The molecule has 254 valence electrons. The normalized spacial score (nSPS) is 12.6. The van der Waals surface area contributed by atoms with E-state index in [1.165, 1.54) is 70.6 Å². The molecule has 0 fully saturated rings. The number of hydrogen-bond acceptors (Lipinski definition) is 1. The van der Waals surface area contributed by atoms with Crippen LogP contribution in [0.2, 0.25) is 0 Å². The maximum atomic E-state index is 2.52. The summed E-state index contributed by atoms with van der Waals surface area (Å²) in [6, 6.07) is 82.9. The fraction of sp³-hybridized carbons (Fsp3) is 0. The van der Waals surface area contributed by atoms with Crippen molar-refractivity contribution in [2.45, 2.75) is 0 Å². The van der Waals surface area contributed by atoms with Gasteiger partial charge in [-0.3, -0.25) is 0 Å². The molecule has 9 aromatic rings. The van der Waals surface area contributed by atoms with Crippen LogP contribution in [-0.4, -0.2) is 8.07 Å². The van der Waals surface area contributed by atoms with Crippen molar-refractivity contribution in [2.24, 2.45) is 0 Å². The van der Waals surface area contributed by atoms with Gasteiger partial charge in [0.2, 0.25) is 0 Å². The quantitative estimate of drug-likeness (QED) is 0.149. The Labute approximate surface area is 318 Å². The molecule has 0 saturated heterocycles. The minimum Gasteiger partial charge on any atom is -0.309 e. The summed E-state index contributed by atoms with van der Waals surface area (Å²) in [4.78, 5) is 2.52. The minimum atomic E-state index is -2.75. The molecule has 0 spiro atoms. The molecule has 0 bridgehead atoms. The molecular weight excluding hydrogens is 667 g/mol. The van der Waals surface area contributed by atoms with E-state index in [1.807, 2.05) is 0 Å².